The third kappa shape index (κ3) is 4.13. The summed E-state index contributed by atoms with van der Waals surface area (Å²) in [7, 11) is -1.66. The molecular weight excluding hydrogens is 286 g/mol. The van der Waals surface area contributed by atoms with Crippen molar-refractivity contribution in [1.29, 1.82) is 0 Å². The molecule has 3 aromatic rings. The summed E-state index contributed by atoms with van der Waals surface area (Å²) in [6.45, 7) is 0. The summed E-state index contributed by atoms with van der Waals surface area (Å²) in [5.74, 6) is 0. The molecule has 0 aliphatic rings. The quantitative estimate of drug-likeness (QED) is 0.602. The van der Waals surface area contributed by atoms with Crippen LogP contribution in [0.25, 0.3) is 0 Å². The van der Waals surface area contributed by atoms with Gasteiger partial charge >= 0.3 is 9.28 Å². The number of benzene rings is 3. The Hall–Kier alpha value is -2.72. The van der Waals surface area contributed by atoms with Gasteiger partial charge in [-0.2, -0.15) is 0 Å². The molecule has 0 heterocycles. The smallest absolute Gasteiger partial charge is 0.355 e. The van der Waals surface area contributed by atoms with Crippen molar-refractivity contribution >= 4 is 26.3 Å². The average molecular weight is 305 g/mol. The van der Waals surface area contributed by atoms with Gasteiger partial charge in [-0.05, 0) is 36.4 Å². The van der Waals surface area contributed by atoms with Gasteiger partial charge in [0.15, 0.2) is 0 Å². The molecule has 110 valence electrons. The second kappa shape index (κ2) is 7.33. The van der Waals surface area contributed by atoms with E-state index in [0.717, 1.165) is 17.1 Å². The maximum Gasteiger partial charge on any atom is 0.355 e. The van der Waals surface area contributed by atoms with Crippen LogP contribution in [0, 0.1) is 0 Å². The predicted molar refractivity (Wildman–Crippen MR) is 97.3 cm³/mol. The lowest BCUT2D eigenvalue weighted by molar-refractivity contribution is 1.56. The molecule has 0 aromatic heterocycles. The van der Waals surface area contributed by atoms with Crippen LogP contribution in [0.2, 0.25) is 0 Å². The van der Waals surface area contributed by atoms with E-state index in [1.807, 2.05) is 54.6 Å². The number of hydrogen-bond donors (Lipinski definition) is 3. The van der Waals surface area contributed by atoms with Crippen molar-refractivity contribution in [3.05, 3.63) is 91.0 Å². The first-order valence-corrected chi connectivity index (χ1v) is 9.08. The van der Waals surface area contributed by atoms with Gasteiger partial charge in [0.1, 0.15) is 0 Å². The highest BCUT2D eigenvalue weighted by Gasteiger charge is 2.11. The first-order chi connectivity index (χ1) is 10.9. The summed E-state index contributed by atoms with van der Waals surface area (Å²) < 4.78 is 0. The molecular formula is C18H19N3Si. The molecule has 3 rings (SSSR count). The standard InChI is InChI=1S/C18H19N3Si/c1-4-10-16(11-5-1)19-22(20-17-12-6-2-7-13-17)21-18-14-8-3-9-15-18/h1-15,19-22H. The lowest BCUT2D eigenvalue weighted by atomic mass is 10.3. The van der Waals surface area contributed by atoms with Crippen molar-refractivity contribution in [2.75, 3.05) is 14.9 Å². The molecule has 0 aliphatic heterocycles. The van der Waals surface area contributed by atoms with E-state index < -0.39 is 9.28 Å². The Balaban J connectivity index is 1.75. The highest BCUT2D eigenvalue weighted by atomic mass is 28.3. The topological polar surface area (TPSA) is 36.1 Å². The average Bonchev–Trinajstić information content (AvgIpc) is 2.57. The van der Waals surface area contributed by atoms with Crippen molar-refractivity contribution in [2.45, 2.75) is 0 Å². The van der Waals surface area contributed by atoms with Crippen LogP contribution in [0.3, 0.4) is 0 Å². The van der Waals surface area contributed by atoms with Gasteiger partial charge in [-0.1, -0.05) is 54.6 Å². The highest BCUT2D eigenvalue weighted by molar-refractivity contribution is 6.69. The lowest BCUT2D eigenvalue weighted by Crippen LogP contribution is -2.42. The van der Waals surface area contributed by atoms with Gasteiger partial charge in [0, 0.05) is 17.1 Å². The highest BCUT2D eigenvalue weighted by Crippen LogP contribution is 2.12. The second-order valence-electron chi connectivity index (χ2n) is 4.96. The van der Waals surface area contributed by atoms with Gasteiger partial charge < -0.3 is 14.9 Å². The number of hydrogen-bond acceptors (Lipinski definition) is 3. The molecule has 3 nitrogen and oxygen atoms in total. The van der Waals surface area contributed by atoms with Crippen LogP contribution in [0.5, 0.6) is 0 Å². The van der Waals surface area contributed by atoms with Crippen molar-refractivity contribution < 1.29 is 0 Å². The van der Waals surface area contributed by atoms with E-state index >= 15 is 0 Å². The maximum atomic E-state index is 3.59. The summed E-state index contributed by atoms with van der Waals surface area (Å²) in [5.41, 5.74) is 3.35. The normalized spacial score (nSPS) is 10.2. The fourth-order valence-electron chi connectivity index (χ4n) is 2.21. The van der Waals surface area contributed by atoms with Crippen LogP contribution in [0.1, 0.15) is 0 Å². The SMILES string of the molecule is c1ccc(N[SiH](Nc2ccccc2)Nc2ccccc2)cc1. The lowest BCUT2D eigenvalue weighted by Gasteiger charge is -2.22. The van der Waals surface area contributed by atoms with E-state index in [0.29, 0.717) is 0 Å². The molecule has 0 saturated heterocycles. The molecule has 0 saturated carbocycles. The molecule has 0 fully saturated rings. The molecule has 0 unspecified atom stereocenters. The van der Waals surface area contributed by atoms with Gasteiger partial charge in [-0.3, -0.25) is 0 Å². The second-order valence-corrected chi connectivity index (χ2v) is 6.70. The molecule has 0 bridgehead atoms. The Bertz CT molecular complexity index is 576. The van der Waals surface area contributed by atoms with Crippen LogP contribution in [-0.2, 0) is 0 Å². The zero-order valence-corrected chi connectivity index (χ0v) is 13.4. The maximum absolute atomic E-state index is 3.59. The van der Waals surface area contributed by atoms with Crippen molar-refractivity contribution in [2.24, 2.45) is 0 Å². The Morgan fingerprint density at radius 2 is 0.682 bits per heavy atom. The fraction of sp³-hybridized carbons (Fsp3) is 0. The molecule has 0 aliphatic carbocycles. The van der Waals surface area contributed by atoms with E-state index in [9.17, 15) is 0 Å². The van der Waals surface area contributed by atoms with Crippen molar-refractivity contribution in [3.8, 4) is 0 Å². The Morgan fingerprint density at radius 3 is 0.955 bits per heavy atom. The van der Waals surface area contributed by atoms with Crippen molar-refractivity contribution in [1.82, 2.24) is 0 Å². The zero-order valence-electron chi connectivity index (χ0n) is 12.2. The first kappa shape index (κ1) is 14.2. The van der Waals surface area contributed by atoms with Gasteiger partial charge in [0.25, 0.3) is 0 Å². The molecule has 0 radical (unpaired) electrons. The molecule has 3 N–H and O–H groups in total. The zero-order chi connectivity index (χ0) is 15.0. The summed E-state index contributed by atoms with van der Waals surface area (Å²) >= 11 is 0. The van der Waals surface area contributed by atoms with Gasteiger partial charge in [-0.25, -0.2) is 0 Å². The molecule has 0 spiro atoms. The van der Waals surface area contributed by atoms with E-state index in [1.54, 1.807) is 0 Å². The van der Waals surface area contributed by atoms with Gasteiger partial charge in [0.05, 0.1) is 0 Å². The third-order valence-corrected chi connectivity index (χ3v) is 5.12. The van der Waals surface area contributed by atoms with Crippen LogP contribution in [0.4, 0.5) is 17.1 Å². The predicted octanol–water partition coefficient (Wildman–Crippen LogP) is 4.04. The Labute approximate surface area is 132 Å². The van der Waals surface area contributed by atoms with E-state index in [-0.39, 0.29) is 0 Å². The first-order valence-electron chi connectivity index (χ1n) is 7.35. The number of nitrogens with one attached hydrogen (secondary N) is 3. The van der Waals surface area contributed by atoms with Crippen LogP contribution in [0.15, 0.2) is 91.0 Å². The molecule has 3 aromatic carbocycles. The van der Waals surface area contributed by atoms with E-state index in [1.165, 1.54) is 0 Å². The minimum Gasteiger partial charge on any atom is -0.380 e. The molecule has 22 heavy (non-hydrogen) atoms. The summed E-state index contributed by atoms with van der Waals surface area (Å²) in [6.07, 6.45) is 0. The largest absolute Gasteiger partial charge is 0.380 e. The van der Waals surface area contributed by atoms with Crippen LogP contribution >= 0.6 is 0 Å². The molecule has 0 amide bonds. The number of anilines is 3. The molecule has 0 atom stereocenters. The van der Waals surface area contributed by atoms with Gasteiger partial charge in [0.2, 0.25) is 0 Å². The molecule has 4 heteroatoms. The number of rotatable bonds is 6. The van der Waals surface area contributed by atoms with Gasteiger partial charge in [-0.15, -0.1) is 0 Å². The summed E-state index contributed by atoms with van der Waals surface area (Å²) in [5, 5.41) is 0. The Kier molecular flexibility index (Phi) is 4.74. The Morgan fingerprint density at radius 1 is 0.409 bits per heavy atom. The van der Waals surface area contributed by atoms with Crippen LogP contribution < -0.4 is 14.9 Å². The number of para-hydroxylation sites is 3. The summed E-state index contributed by atoms with van der Waals surface area (Å²) in [4.78, 5) is 10.8. The fourth-order valence-corrected chi connectivity index (χ4v) is 4.01. The van der Waals surface area contributed by atoms with Crippen molar-refractivity contribution in [3.63, 3.8) is 0 Å². The monoisotopic (exact) mass is 305 g/mol. The van der Waals surface area contributed by atoms with Crippen LogP contribution in [-0.4, -0.2) is 9.28 Å². The third-order valence-electron chi connectivity index (χ3n) is 3.25. The van der Waals surface area contributed by atoms with E-state index in [2.05, 4.69) is 51.3 Å². The minimum absolute atomic E-state index is 1.12. The minimum atomic E-state index is -1.66. The summed E-state index contributed by atoms with van der Waals surface area (Å²) in [6, 6.07) is 30.8. The van der Waals surface area contributed by atoms with E-state index in [4.69, 9.17) is 0 Å².